The van der Waals surface area contributed by atoms with Gasteiger partial charge in [0.05, 0.1) is 5.01 Å². The molecule has 0 aliphatic heterocycles. The van der Waals surface area contributed by atoms with Gasteiger partial charge in [0.25, 0.3) is 0 Å². The van der Waals surface area contributed by atoms with Crippen molar-refractivity contribution in [2.75, 3.05) is 0 Å². The minimum Gasteiger partial charge on any atom is -0.263 e. The molecule has 4 nitrogen and oxygen atoms in total. The molecule has 0 fully saturated rings. The predicted molar refractivity (Wildman–Crippen MR) is 56.2 cm³/mol. The summed E-state index contributed by atoms with van der Waals surface area (Å²) in [4.78, 5) is 8.69. The molecule has 2 rings (SSSR count). The topological polar surface area (TPSA) is 54.5 Å². The highest BCUT2D eigenvalue weighted by molar-refractivity contribution is 7.09. The number of nitrogens with one attached hydrogen (secondary N) is 1. The zero-order chi connectivity index (χ0) is 9.97. The van der Waals surface area contributed by atoms with Gasteiger partial charge in [-0.1, -0.05) is 6.92 Å². The molecule has 1 N–H and O–H groups in total. The molecular formula is C9H12N4S. The smallest absolute Gasteiger partial charge is 0.200 e. The summed E-state index contributed by atoms with van der Waals surface area (Å²) in [6.07, 6.45) is 2.16. The van der Waals surface area contributed by atoms with Gasteiger partial charge in [0, 0.05) is 5.38 Å². The van der Waals surface area contributed by atoms with Gasteiger partial charge in [0.2, 0.25) is 5.82 Å². The molecule has 2 aromatic heterocycles. The van der Waals surface area contributed by atoms with Crippen LogP contribution in [0.3, 0.4) is 0 Å². The molecule has 0 aliphatic carbocycles. The number of aryl methyl sites for hydroxylation is 2. The quantitative estimate of drug-likeness (QED) is 0.841. The summed E-state index contributed by atoms with van der Waals surface area (Å²) in [5.74, 6) is 1.52. The van der Waals surface area contributed by atoms with Crippen molar-refractivity contribution >= 4 is 11.3 Å². The van der Waals surface area contributed by atoms with Gasteiger partial charge in [-0.2, -0.15) is 5.10 Å². The molecule has 2 heterocycles. The average Bonchev–Trinajstić information content (AvgIpc) is 2.74. The highest BCUT2D eigenvalue weighted by Gasteiger charge is 2.07. The summed E-state index contributed by atoms with van der Waals surface area (Å²) in [6, 6.07) is 0. The minimum atomic E-state index is 0.695. The number of H-pyrrole nitrogens is 1. The normalized spacial score (nSPS) is 10.7. The number of hydrogen-bond acceptors (Lipinski definition) is 4. The number of nitrogens with zero attached hydrogens (tertiary/aromatic N) is 3. The standard InChI is InChI=1S/C9H12N4S/c1-3-4-8-11-7(5-14-8)9-10-6(2)12-13-9/h5H,3-4H2,1-2H3,(H,10,12,13). The van der Waals surface area contributed by atoms with Gasteiger partial charge >= 0.3 is 0 Å². The minimum absolute atomic E-state index is 0.695. The Balaban J connectivity index is 2.24. The van der Waals surface area contributed by atoms with Crippen LogP contribution in [0.25, 0.3) is 11.5 Å². The van der Waals surface area contributed by atoms with E-state index >= 15 is 0 Å². The van der Waals surface area contributed by atoms with Crippen molar-refractivity contribution in [1.82, 2.24) is 20.2 Å². The maximum atomic E-state index is 4.46. The van der Waals surface area contributed by atoms with Crippen molar-refractivity contribution in [1.29, 1.82) is 0 Å². The van der Waals surface area contributed by atoms with E-state index in [0.29, 0.717) is 5.82 Å². The summed E-state index contributed by atoms with van der Waals surface area (Å²) < 4.78 is 0. The zero-order valence-electron chi connectivity index (χ0n) is 8.24. The van der Waals surface area contributed by atoms with Gasteiger partial charge in [-0.05, 0) is 19.8 Å². The Labute approximate surface area is 86.4 Å². The maximum absolute atomic E-state index is 4.46. The van der Waals surface area contributed by atoms with E-state index in [4.69, 9.17) is 0 Å². The number of hydrogen-bond donors (Lipinski definition) is 1. The third-order valence-corrected chi connectivity index (χ3v) is 2.75. The van der Waals surface area contributed by atoms with Crippen LogP contribution in [0, 0.1) is 6.92 Å². The predicted octanol–water partition coefficient (Wildman–Crippen LogP) is 2.19. The molecule has 2 aromatic rings. The number of aromatic amines is 1. The maximum Gasteiger partial charge on any atom is 0.200 e. The molecule has 0 unspecified atom stereocenters. The van der Waals surface area contributed by atoms with E-state index in [1.165, 1.54) is 0 Å². The van der Waals surface area contributed by atoms with E-state index in [0.717, 1.165) is 29.4 Å². The van der Waals surface area contributed by atoms with Crippen LogP contribution in [0.2, 0.25) is 0 Å². The molecule has 0 spiro atoms. The zero-order valence-corrected chi connectivity index (χ0v) is 9.06. The van der Waals surface area contributed by atoms with E-state index in [9.17, 15) is 0 Å². The lowest BCUT2D eigenvalue weighted by Crippen LogP contribution is -1.84. The molecule has 0 aromatic carbocycles. The van der Waals surface area contributed by atoms with Gasteiger partial charge in [-0.3, -0.25) is 5.10 Å². The lowest BCUT2D eigenvalue weighted by Gasteiger charge is -1.87. The molecule has 74 valence electrons. The molecule has 0 aliphatic rings. The lowest BCUT2D eigenvalue weighted by molar-refractivity contribution is 0.908. The molecule has 0 radical (unpaired) electrons. The van der Waals surface area contributed by atoms with E-state index in [1.54, 1.807) is 11.3 Å². The van der Waals surface area contributed by atoms with E-state index < -0.39 is 0 Å². The van der Waals surface area contributed by atoms with Gasteiger partial charge < -0.3 is 0 Å². The monoisotopic (exact) mass is 208 g/mol. The van der Waals surface area contributed by atoms with Crippen LogP contribution < -0.4 is 0 Å². The van der Waals surface area contributed by atoms with Crippen LogP contribution >= 0.6 is 11.3 Å². The summed E-state index contributed by atoms with van der Waals surface area (Å²) >= 11 is 1.67. The van der Waals surface area contributed by atoms with Gasteiger partial charge in [0.1, 0.15) is 11.5 Å². The Morgan fingerprint density at radius 3 is 2.93 bits per heavy atom. The van der Waals surface area contributed by atoms with Crippen LogP contribution in [0.15, 0.2) is 5.38 Å². The van der Waals surface area contributed by atoms with E-state index in [-0.39, 0.29) is 0 Å². The summed E-state index contributed by atoms with van der Waals surface area (Å²) in [6.45, 7) is 4.04. The molecule has 14 heavy (non-hydrogen) atoms. The Morgan fingerprint density at radius 1 is 1.43 bits per heavy atom. The van der Waals surface area contributed by atoms with Crippen molar-refractivity contribution in [2.45, 2.75) is 26.7 Å². The van der Waals surface area contributed by atoms with Crippen molar-refractivity contribution in [3.8, 4) is 11.5 Å². The fraction of sp³-hybridized carbons (Fsp3) is 0.444. The van der Waals surface area contributed by atoms with Gasteiger partial charge in [-0.25, -0.2) is 9.97 Å². The number of rotatable bonds is 3. The Bertz CT molecular complexity index is 418. The number of thiazole rings is 1. The first-order valence-corrected chi connectivity index (χ1v) is 5.51. The highest BCUT2D eigenvalue weighted by atomic mass is 32.1. The molecule has 0 saturated heterocycles. The van der Waals surface area contributed by atoms with Crippen LogP contribution in [0.5, 0.6) is 0 Å². The van der Waals surface area contributed by atoms with Crippen molar-refractivity contribution < 1.29 is 0 Å². The van der Waals surface area contributed by atoms with Crippen molar-refractivity contribution in [3.05, 3.63) is 16.2 Å². The molecule has 5 heteroatoms. The summed E-state index contributed by atoms with van der Waals surface area (Å²) in [5, 5.41) is 10.0. The van der Waals surface area contributed by atoms with Crippen LogP contribution in [0.4, 0.5) is 0 Å². The largest absolute Gasteiger partial charge is 0.263 e. The highest BCUT2D eigenvalue weighted by Crippen LogP contribution is 2.19. The van der Waals surface area contributed by atoms with Crippen molar-refractivity contribution in [3.63, 3.8) is 0 Å². The first-order valence-electron chi connectivity index (χ1n) is 4.63. The van der Waals surface area contributed by atoms with E-state index in [1.807, 2.05) is 12.3 Å². The summed E-state index contributed by atoms with van der Waals surface area (Å²) in [7, 11) is 0. The molecular weight excluding hydrogens is 196 g/mol. The number of aromatic nitrogens is 4. The van der Waals surface area contributed by atoms with Gasteiger partial charge in [-0.15, -0.1) is 11.3 Å². The SMILES string of the molecule is CCCc1nc(-c2n[nH]c(C)n2)cs1. The fourth-order valence-corrected chi connectivity index (χ4v) is 2.08. The molecule has 0 saturated carbocycles. The Morgan fingerprint density at radius 2 is 2.29 bits per heavy atom. The Kier molecular flexibility index (Phi) is 2.58. The second kappa shape index (κ2) is 3.88. The summed E-state index contributed by atoms with van der Waals surface area (Å²) in [5.41, 5.74) is 0.878. The van der Waals surface area contributed by atoms with Crippen LogP contribution in [-0.4, -0.2) is 20.2 Å². The molecule has 0 bridgehead atoms. The fourth-order valence-electron chi connectivity index (χ4n) is 1.20. The second-order valence-corrected chi connectivity index (χ2v) is 4.06. The lowest BCUT2D eigenvalue weighted by atomic mass is 10.3. The Hall–Kier alpha value is -1.23. The molecule has 0 amide bonds. The first-order chi connectivity index (χ1) is 6.79. The molecule has 0 atom stereocenters. The van der Waals surface area contributed by atoms with Crippen molar-refractivity contribution in [2.24, 2.45) is 0 Å². The van der Waals surface area contributed by atoms with Crippen LogP contribution in [0.1, 0.15) is 24.2 Å². The third kappa shape index (κ3) is 1.82. The second-order valence-electron chi connectivity index (χ2n) is 3.12. The van der Waals surface area contributed by atoms with Gasteiger partial charge in [0.15, 0.2) is 0 Å². The third-order valence-electron chi connectivity index (χ3n) is 1.84. The van der Waals surface area contributed by atoms with Crippen LogP contribution in [-0.2, 0) is 6.42 Å². The average molecular weight is 208 g/mol. The first kappa shape index (κ1) is 9.33. The van der Waals surface area contributed by atoms with E-state index in [2.05, 4.69) is 27.1 Å².